The highest BCUT2D eigenvalue weighted by Gasteiger charge is 2.34. The molecule has 5 heteroatoms. The van der Waals surface area contributed by atoms with Crippen LogP contribution in [-0.2, 0) is 4.79 Å². The van der Waals surface area contributed by atoms with Crippen LogP contribution in [0.1, 0.15) is 12.8 Å². The van der Waals surface area contributed by atoms with Crippen molar-refractivity contribution >= 4 is 5.91 Å². The molecule has 104 valence electrons. The van der Waals surface area contributed by atoms with Crippen LogP contribution < -0.4 is 5.73 Å². The van der Waals surface area contributed by atoms with E-state index in [-0.39, 0.29) is 5.91 Å². The van der Waals surface area contributed by atoms with Gasteiger partial charge in [0, 0.05) is 38.8 Å². The molecule has 0 aromatic carbocycles. The van der Waals surface area contributed by atoms with Gasteiger partial charge in [-0.1, -0.05) is 0 Å². The molecule has 0 aromatic heterocycles. The summed E-state index contributed by atoms with van der Waals surface area (Å²) in [6.45, 7) is 4.87. The second-order valence-corrected chi connectivity index (χ2v) is 5.74. The maximum Gasteiger partial charge on any atom is 0.236 e. The Kier molecular flexibility index (Phi) is 4.59. The summed E-state index contributed by atoms with van der Waals surface area (Å²) < 4.78 is 0. The highest BCUT2D eigenvalue weighted by molar-refractivity contribution is 5.78. The van der Waals surface area contributed by atoms with Gasteiger partial charge >= 0.3 is 0 Å². The van der Waals surface area contributed by atoms with Crippen molar-refractivity contribution in [1.82, 2.24) is 14.7 Å². The molecule has 1 saturated carbocycles. The van der Waals surface area contributed by atoms with Gasteiger partial charge in [0.05, 0.1) is 6.54 Å². The predicted molar refractivity (Wildman–Crippen MR) is 72.3 cm³/mol. The second-order valence-electron chi connectivity index (χ2n) is 5.74. The lowest BCUT2D eigenvalue weighted by Gasteiger charge is -2.34. The lowest BCUT2D eigenvalue weighted by molar-refractivity contribution is -0.134. The van der Waals surface area contributed by atoms with Gasteiger partial charge in [-0.3, -0.25) is 9.69 Å². The monoisotopic (exact) mass is 254 g/mol. The van der Waals surface area contributed by atoms with Gasteiger partial charge in [0.25, 0.3) is 0 Å². The van der Waals surface area contributed by atoms with Crippen molar-refractivity contribution in [2.75, 3.05) is 53.4 Å². The third kappa shape index (κ3) is 3.43. The average molecular weight is 254 g/mol. The van der Waals surface area contributed by atoms with E-state index in [0.717, 1.165) is 32.1 Å². The Hall–Kier alpha value is -0.650. The fourth-order valence-corrected chi connectivity index (χ4v) is 2.70. The zero-order chi connectivity index (χ0) is 13.1. The van der Waals surface area contributed by atoms with Gasteiger partial charge in [-0.2, -0.15) is 0 Å². The van der Waals surface area contributed by atoms with Crippen LogP contribution in [0.4, 0.5) is 0 Å². The van der Waals surface area contributed by atoms with E-state index in [4.69, 9.17) is 5.73 Å². The molecule has 1 saturated heterocycles. The molecule has 0 spiro atoms. The molecule has 2 N–H and O–H groups in total. The van der Waals surface area contributed by atoms with E-state index in [9.17, 15) is 4.79 Å². The van der Waals surface area contributed by atoms with Crippen molar-refractivity contribution in [2.45, 2.75) is 18.9 Å². The van der Waals surface area contributed by atoms with Gasteiger partial charge in [0.15, 0.2) is 0 Å². The topological polar surface area (TPSA) is 52.8 Å². The molecule has 0 radical (unpaired) electrons. The number of rotatable bonds is 5. The van der Waals surface area contributed by atoms with Crippen LogP contribution in [0.3, 0.4) is 0 Å². The Morgan fingerprint density at radius 1 is 1.33 bits per heavy atom. The average Bonchev–Trinajstić information content (AvgIpc) is 3.15. The van der Waals surface area contributed by atoms with Gasteiger partial charge in [-0.25, -0.2) is 0 Å². The number of carbonyl (C=O) groups is 1. The normalized spacial score (nSPS) is 23.4. The van der Waals surface area contributed by atoms with Gasteiger partial charge in [0.2, 0.25) is 5.91 Å². The van der Waals surface area contributed by atoms with E-state index >= 15 is 0 Å². The highest BCUT2D eigenvalue weighted by Crippen LogP contribution is 2.34. The minimum absolute atomic E-state index is 0.254. The summed E-state index contributed by atoms with van der Waals surface area (Å²) in [7, 11) is 4.13. The van der Waals surface area contributed by atoms with Crippen molar-refractivity contribution in [2.24, 2.45) is 11.7 Å². The standard InChI is InChI=1S/C13H26N4O/c1-15-5-7-17(8-6-15)13(18)10-16(2)12(9-14)11-3-4-11/h11-12H,3-10,14H2,1-2H3. The first kappa shape index (κ1) is 13.8. The molecule has 1 amide bonds. The van der Waals surface area contributed by atoms with E-state index in [1.165, 1.54) is 12.8 Å². The molecule has 18 heavy (non-hydrogen) atoms. The van der Waals surface area contributed by atoms with Crippen molar-refractivity contribution in [1.29, 1.82) is 0 Å². The number of carbonyl (C=O) groups excluding carboxylic acids is 1. The van der Waals surface area contributed by atoms with E-state index in [1.54, 1.807) is 0 Å². The van der Waals surface area contributed by atoms with Crippen LogP contribution in [-0.4, -0.2) is 80.0 Å². The molecule has 2 aliphatic rings. The Labute approximate surface area is 110 Å². The third-order valence-corrected chi connectivity index (χ3v) is 4.21. The van der Waals surface area contributed by atoms with Crippen LogP contribution in [0.2, 0.25) is 0 Å². The second kappa shape index (κ2) is 5.99. The molecule has 2 rings (SSSR count). The zero-order valence-electron chi connectivity index (χ0n) is 11.6. The number of nitrogens with two attached hydrogens (primary N) is 1. The van der Waals surface area contributed by atoms with Crippen molar-refractivity contribution < 1.29 is 4.79 Å². The van der Waals surface area contributed by atoms with E-state index in [0.29, 0.717) is 19.1 Å². The molecule has 1 heterocycles. The summed E-state index contributed by atoms with van der Waals surface area (Å²) in [5.74, 6) is 0.977. The minimum Gasteiger partial charge on any atom is -0.339 e. The summed E-state index contributed by atoms with van der Waals surface area (Å²) in [4.78, 5) is 18.6. The molecule has 1 aliphatic heterocycles. The Balaban J connectivity index is 1.79. The van der Waals surface area contributed by atoms with Crippen LogP contribution in [0, 0.1) is 5.92 Å². The molecule has 0 bridgehead atoms. The van der Waals surface area contributed by atoms with Crippen molar-refractivity contribution in [3.63, 3.8) is 0 Å². The molecule has 1 unspecified atom stereocenters. The summed E-state index contributed by atoms with van der Waals surface area (Å²) >= 11 is 0. The summed E-state index contributed by atoms with van der Waals surface area (Å²) in [5.41, 5.74) is 5.81. The molecule has 5 nitrogen and oxygen atoms in total. The smallest absolute Gasteiger partial charge is 0.236 e. The van der Waals surface area contributed by atoms with Crippen molar-refractivity contribution in [3.8, 4) is 0 Å². The van der Waals surface area contributed by atoms with Gasteiger partial charge in [-0.15, -0.1) is 0 Å². The fraction of sp³-hybridized carbons (Fsp3) is 0.923. The number of hydrogen-bond acceptors (Lipinski definition) is 4. The number of nitrogens with zero attached hydrogens (tertiary/aromatic N) is 3. The third-order valence-electron chi connectivity index (χ3n) is 4.21. The minimum atomic E-state index is 0.254. The maximum absolute atomic E-state index is 12.2. The quantitative estimate of drug-likeness (QED) is 0.714. The van der Waals surface area contributed by atoms with Gasteiger partial charge < -0.3 is 15.5 Å². The zero-order valence-corrected chi connectivity index (χ0v) is 11.6. The number of piperazine rings is 1. The first-order valence-corrected chi connectivity index (χ1v) is 6.98. The van der Waals surface area contributed by atoms with Crippen molar-refractivity contribution in [3.05, 3.63) is 0 Å². The summed E-state index contributed by atoms with van der Waals surface area (Å²) in [6.07, 6.45) is 2.55. The molecule has 0 aromatic rings. The molecular weight excluding hydrogens is 228 g/mol. The Bertz CT molecular complexity index is 285. The number of amides is 1. The predicted octanol–water partition coefficient (Wildman–Crippen LogP) is -0.570. The van der Waals surface area contributed by atoms with Crippen LogP contribution in [0.25, 0.3) is 0 Å². The lowest BCUT2D eigenvalue weighted by Crippen LogP contribution is -2.51. The van der Waals surface area contributed by atoms with Gasteiger partial charge in [0.1, 0.15) is 0 Å². The van der Waals surface area contributed by atoms with Gasteiger partial charge in [-0.05, 0) is 32.9 Å². The van der Waals surface area contributed by atoms with E-state index in [2.05, 4.69) is 16.8 Å². The number of likely N-dealkylation sites (N-methyl/N-ethyl adjacent to an activating group) is 2. The summed E-state index contributed by atoms with van der Waals surface area (Å²) in [6, 6.07) is 0.390. The molecule has 2 fully saturated rings. The first-order valence-electron chi connectivity index (χ1n) is 6.98. The van der Waals surface area contributed by atoms with E-state index in [1.807, 2.05) is 11.9 Å². The largest absolute Gasteiger partial charge is 0.339 e. The lowest BCUT2D eigenvalue weighted by atomic mass is 10.1. The van der Waals surface area contributed by atoms with Crippen LogP contribution >= 0.6 is 0 Å². The molecule has 1 aliphatic carbocycles. The van der Waals surface area contributed by atoms with Crippen LogP contribution in [0.15, 0.2) is 0 Å². The van der Waals surface area contributed by atoms with Crippen LogP contribution in [0.5, 0.6) is 0 Å². The fourth-order valence-electron chi connectivity index (χ4n) is 2.70. The molecule has 1 atom stereocenters. The Morgan fingerprint density at radius 3 is 2.44 bits per heavy atom. The summed E-state index contributed by atoms with van der Waals surface area (Å²) in [5, 5.41) is 0. The SMILES string of the molecule is CN1CCN(C(=O)CN(C)C(CN)C2CC2)CC1. The maximum atomic E-state index is 12.2. The highest BCUT2D eigenvalue weighted by atomic mass is 16.2. The van der Waals surface area contributed by atoms with E-state index < -0.39 is 0 Å². The molecular formula is C13H26N4O. The first-order chi connectivity index (χ1) is 8.61. The Morgan fingerprint density at radius 2 is 1.94 bits per heavy atom. The number of hydrogen-bond donors (Lipinski definition) is 1.